The Kier molecular flexibility index (Phi) is 4.14. The normalized spacial score (nSPS) is 10.9. The van der Waals surface area contributed by atoms with Gasteiger partial charge in [0.05, 0.1) is 24.8 Å². The van der Waals surface area contributed by atoms with E-state index in [1.54, 1.807) is 12.5 Å². The van der Waals surface area contributed by atoms with Gasteiger partial charge in [0.2, 0.25) is 0 Å². The largest absolute Gasteiger partial charge is 0.383 e. The quantitative estimate of drug-likeness (QED) is 0.850. The van der Waals surface area contributed by atoms with Gasteiger partial charge in [-0.1, -0.05) is 12.8 Å². The molecule has 0 unspecified atom stereocenters. The van der Waals surface area contributed by atoms with Crippen LogP contribution < -0.4 is 5.73 Å². The number of terminal acetylenes is 1. The summed E-state index contributed by atoms with van der Waals surface area (Å²) in [5.74, 6) is 4.20. The van der Waals surface area contributed by atoms with Crippen LogP contribution in [0.15, 0.2) is 12.5 Å². The zero-order valence-corrected chi connectivity index (χ0v) is 12.3. The van der Waals surface area contributed by atoms with Crippen LogP contribution >= 0.6 is 0 Å². The summed E-state index contributed by atoms with van der Waals surface area (Å²) >= 11 is 0. The fraction of sp³-hybridized carbons (Fsp3) is 0.467. The predicted octanol–water partition coefficient (Wildman–Crippen LogP) is 2.50. The van der Waals surface area contributed by atoms with Crippen LogP contribution in [0, 0.1) is 12.3 Å². The Morgan fingerprint density at radius 3 is 2.80 bits per heavy atom. The molecule has 106 valence electrons. The molecular formula is C15H21N5. The molecular weight excluding hydrogens is 250 g/mol. The molecule has 0 aromatic carbocycles. The van der Waals surface area contributed by atoms with Crippen molar-refractivity contribution in [2.45, 2.75) is 46.2 Å². The molecule has 2 aromatic heterocycles. The molecule has 2 rings (SSSR count). The van der Waals surface area contributed by atoms with Crippen LogP contribution in [0.2, 0.25) is 0 Å². The van der Waals surface area contributed by atoms with Crippen molar-refractivity contribution in [2.75, 3.05) is 5.73 Å². The predicted molar refractivity (Wildman–Crippen MR) is 81.1 cm³/mol. The van der Waals surface area contributed by atoms with Gasteiger partial charge in [-0.3, -0.25) is 0 Å². The first-order chi connectivity index (χ1) is 9.60. The molecule has 0 amide bonds. The summed E-state index contributed by atoms with van der Waals surface area (Å²) in [6, 6.07) is 0.305. The van der Waals surface area contributed by atoms with Crippen LogP contribution in [0.4, 0.5) is 5.82 Å². The maximum Gasteiger partial charge on any atom is 0.134 e. The number of anilines is 1. The molecule has 5 nitrogen and oxygen atoms in total. The van der Waals surface area contributed by atoms with E-state index in [9.17, 15) is 0 Å². The average Bonchev–Trinajstić information content (AvgIpc) is 2.98. The van der Waals surface area contributed by atoms with Gasteiger partial charge in [-0.05, 0) is 20.3 Å². The molecule has 0 atom stereocenters. The standard InChI is InChI=1S/C15H21N5/c1-5-7-13-18-14(15(16)19(13)8-6-2)12-9-17-10-20(12)11(3)4/h2,9-11H,5,7-8,16H2,1,3-4H3. The van der Waals surface area contributed by atoms with Gasteiger partial charge < -0.3 is 14.9 Å². The third-order valence-electron chi connectivity index (χ3n) is 3.27. The average molecular weight is 271 g/mol. The van der Waals surface area contributed by atoms with Gasteiger partial charge in [-0.25, -0.2) is 9.97 Å². The Bertz CT molecular complexity index is 627. The van der Waals surface area contributed by atoms with Crippen molar-refractivity contribution >= 4 is 5.82 Å². The van der Waals surface area contributed by atoms with Gasteiger partial charge in [0.15, 0.2) is 0 Å². The smallest absolute Gasteiger partial charge is 0.134 e. The monoisotopic (exact) mass is 271 g/mol. The summed E-state index contributed by atoms with van der Waals surface area (Å²) in [6.45, 7) is 6.77. The molecule has 0 aliphatic carbocycles. The van der Waals surface area contributed by atoms with Gasteiger partial charge in [0.1, 0.15) is 17.3 Å². The zero-order valence-electron chi connectivity index (χ0n) is 12.3. The highest BCUT2D eigenvalue weighted by Crippen LogP contribution is 2.28. The maximum atomic E-state index is 6.24. The first-order valence-corrected chi connectivity index (χ1v) is 6.90. The van der Waals surface area contributed by atoms with E-state index >= 15 is 0 Å². The van der Waals surface area contributed by atoms with E-state index in [1.807, 2.05) is 4.57 Å². The fourth-order valence-corrected chi connectivity index (χ4v) is 2.28. The minimum absolute atomic E-state index is 0.305. The summed E-state index contributed by atoms with van der Waals surface area (Å²) in [6.07, 6.45) is 10.9. The Hall–Kier alpha value is -2.22. The Labute approximate surface area is 119 Å². The number of aryl methyl sites for hydroxylation is 1. The topological polar surface area (TPSA) is 61.7 Å². The molecule has 0 saturated heterocycles. The number of nitrogen functional groups attached to an aromatic ring is 1. The fourth-order valence-electron chi connectivity index (χ4n) is 2.28. The summed E-state index contributed by atoms with van der Waals surface area (Å²) in [7, 11) is 0. The van der Waals surface area contributed by atoms with Crippen molar-refractivity contribution in [3.63, 3.8) is 0 Å². The van der Waals surface area contributed by atoms with Crippen LogP contribution in [0.1, 0.15) is 39.1 Å². The molecule has 0 radical (unpaired) electrons. The van der Waals surface area contributed by atoms with Gasteiger partial charge in [0, 0.05) is 12.5 Å². The number of rotatable bonds is 5. The molecule has 2 N–H and O–H groups in total. The van der Waals surface area contributed by atoms with Crippen molar-refractivity contribution in [3.8, 4) is 23.7 Å². The lowest BCUT2D eigenvalue weighted by molar-refractivity contribution is 0.604. The minimum atomic E-state index is 0.305. The van der Waals surface area contributed by atoms with Crippen molar-refractivity contribution in [1.82, 2.24) is 19.1 Å². The van der Waals surface area contributed by atoms with Crippen molar-refractivity contribution in [2.24, 2.45) is 0 Å². The third kappa shape index (κ3) is 2.42. The molecule has 5 heteroatoms. The Balaban J connectivity index is 2.54. The zero-order chi connectivity index (χ0) is 14.7. The van der Waals surface area contributed by atoms with Crippen LogP contribution in [0.3, 0.4) is 0 Å². The van der Waals surface area contributed by atoms with Crippen molar-refractivity contribution < 1.29 is 0 Å². The van der Waals surface area contributed by atoms with E-state index in [4.69, 9.17) is 12.2 Å². The van der Waals surface area contributed by atoms with E-state index in [0.29, 0.717) is 18.4 Å². The molecule has 2 aromatic rings. The van der Waals surface area contributed by atoms with Crippen molar-refractivity contribution in [1.29, 1.82) is 0 Å². The SMILES string of the molecule is C#CCn1c(CCC)nc(-c2cncn2C(C)C)c1N. The van der Waals surface area contributed by atoms with Gasteiger partial charge in [0.25, 0.3) is 0 Å². The van der Waals surface area contributed by atoms with Gasteiger partial charge in [-0.2, -0.15) is 0 Å². The lowest BCUT2D eigenvalue weighted by atomic mass is 10.3. The summed E-state index contributed by atoms with van der Waals surface area (Å²) in [5, 5.41) is 0. The van der Waals surface area contributed by atoms with E-state index in [0.717, 1.165) is 30.1 Å². The summed E-state index contributed by atoms with van der Waals surface area (Å²) in [4.78, 5) is 8.89. The highest BCUT2D eigenvalue weighted by atomic mass is 15.2. The summed E-state index contributed by atoms with van der Waals surface area (Å²) < 4.78 is 3.98. The van der Waals surface area contributed by atoms with Crippen LogP contribution in [-0.4, -0.2) is 19.1 Å². The maximum absolute atomic E-state index is 6.24. The molecule has 0 spiro atoms. The molecule has 0 fully saturated rings. The van der Waals surface area contributed by atoms with E-state index < -0.39 is 0 Å². The van der Waals surface area contributed by atoms with Gasteiger partial charge in [-0.15, -0.1) is 6.42 Å². The highest BCUT2D eigenvalue weighted by molar-refractivity contribution is 5.68. The second-order valence-corrected chi connectivity index (χ2v) is 5.08. The number of hydrogen-bond acceptors (Lipinski definition) is 3. The molecule has 0 saturated carbocycles. The van der Waals surface area contributed by atoms with E-state index in [-0.39, 0.29) is 0 Å². The molecule has 0 aliphatic rings. The van der Waals surface area contributed by atoms with E-state index in [2.05, 4.69) is 41.2 Å². The number of aromatic nitrogens is 4. The first kappa shape index (κ1) is 14.2. The molecule has 0 aliphatic heterocycles. The van der Waals surface area contributed by atoms with Gasteiger partial charge >= 0.3 is 0 Å². The summed E-state index contributed by atoms with van der Waals surface area (Å²) in [5.41, 5.74) is 7.95. The lowest BCUT2D eigenvalue weighted by Gasteiger charge is -2.10. The molecule has 0 bridgehead atoms. The highest BCUT2D eigenvalue weighted by Gasteiger charge is 2.18. The van der Waals surface area contributed by atoms with E-state index in [1.165, 1.54) is 0 Å². The van der Waals surface area contributed by atoms with Crippen molar-refractivity contribution in [3.05, 3.63) is 18.3 Å². The number of hydrogen-bond donors (Lipinski definition) is 1. The number of nitrogens with zero attached hydrogens (tertiary/aromatic N) is 4. The molecule has 20 heavy (non-hydrogen) atoms. The minimum Gasteiger partial charge on any atom is -0.383 e. The lowest BCUT2D eigenvalue weighted by Crippen LogP contribution is -2.06. The number of imidazole rings is 2. The third-order valence-corrected chi connectivity index (χ3v) is 3.27. The van der Waals surface area contributed by atoms with Crippen LogP contribution in [0.25, 0.3) is 11.4 Å². The Morgan fingerprint density at radius 2 is 2.20 bits per heavy atom. The molecule has 2 heterocycles. The second-order valence-electron chi connectivity index (χ2n) is 5.08. The second kappa shape index (κ2) is 5.83. The van der Waals surface area contributed by atoms with Crippen LogP contribution in [-0.2, 0) is 13.0 Å². The first-order valence-electron chi connectivity index (χ1n) is 6.90. The van der Waals surface area contributed by atoms with Crippen LogP contribution in [0.5, 0.6) is 0 Å². The Morgan fingerprint density at radius 1 is 1.45 bits per heavy atom. The number of nitrogens with two attached hydrogens (primary N) is 1.